The molecule has 0 aliphatic carbocycles. The van der Waals surface area contributed by atoms with Gasteiger partial charge < -0.3 is 15.4 Å². The highest BCUT2D eigenvalue weighted by Gasteiger charge is 2.10. The van der Waals surface area contributed by atoms with E-state index in [1.165, 1.54) is 10.5 Å². The fraction of sp³-hybridized carbons (Fsp3) is 0.533. The monoisotopic (exact) mass is 264 g/mol. The topological polar surface area (TPSA) is 55.6 Å². The van der Waals surface area contributed by atoms with Gasteiger partial charge in [0.25, 0.3) is 5.91 Å². The predicted octanol–water partition coefficient (Wildman–Crippen LogP) is 1.66. The molecule has 1 aromatic carbocycles. The van der Waals surface area contributed by atoms with Gasteiger partial charge in [-0.2, -0.15) is 0 Å². The molecule has 0 bridgehead atoms. The smallest absolute Gasteiger partial charge is 0.259 e. The molecule has 0 aliphatic rings. The van der Waals surface area contributed by atoms with Crippen LogP contribution in [0.25, 0.3) is 0 Å². The number of aryl methyl sites for hydroxylation is 2. The van der Waals surface area contributed by atoms with Crippen LogP contribution in [0.3, 0.4) is 0 Å². The number of nitrogens with zero attached hydrogens (tertiary/aromatic N) is 1. The van der Waals surface area contributed by atoms with E-state index < -0.39 is 0 Å². The SMILES string of the molecule is Cc1cc(CC(C)N)cc(C)c1OCC(=O)N(C)C. The molecule has 1 aromatic rings. The zero-order valence-electron chi connectivity index (χ0n) is 12.5. The van der Waals surface area contributed by atoms with Crippen LogP contribution in [0.5, 0.6) is 5.75 Å². The van der Waals surface area contributed by atoms with Crippen molar-refractivity contribution >= 4 is 5.91 Å². The van der Waals surface area contributed by atoms with Crippen molar-refractivity contribution in [3.05, 3.63) is 28.8 Å². The van der Waals surface area contributed by atoms with E-state index in [1.807, 2.05) is 20.8 Å². The van der Waals surface area contributed by atoms with Crippen LogP contribution >= 0.6 is 0 Å². The molecule has 1 rings (SSSR count). The molecule has 0 aliphatic heterocycles. The Balaban J connectivity index is 2.82. The van der Waals surface area contributed by atoms with E-state index in [2.05, 4.69) is 12.1 Å². The van der Waals surface area contributed by atoms with Crippen LogP contribution < -0.4 is 10.5 Å². The third-order valence-electron chi connectivity index (χ3n) is 2.92. The number of benzene rings is 1. The molecular formula is C15H24N2O2. The first-order valence-corrected chi connectivity index (χ1v) is 6.50. The minimum Gasteiger partial charge on any atom is -0.483 e. The molecule has 1 unspecified atom stereocenters. The van der Waals surface area contributed by atoms with Gasteiger partial charge in [0.2, 0.25) is 0 Å². The first kappa shape index (κ1) is 15.5. The molecule has 0 saturated carbocycles. The van der Waals surface area contributed by atoms with E-state index in [-0.39, 0.29) is 18.6 Å². The molecule has 0 aromatic heterocycles. The maximum absolute atomic E-state index is 11.5. The lowest BCUT2D eigenvalue weighted by atomic mass is 10.0. The Kier molecular flexibility index (Phi) is 5.36. The molecule has 1 atom stereocenters. The Bertz CT molecular complexity index is 430. The van der Waals surface area contributed by atoms with Gasteiger partial charge in [-0.15, -0.1) is 0 Å². The molecule has 4 heteroatoms. The highest BCUT2D eigenvalue weighted by molar-refractivity contribution is 5.77. The molecule has 0 radical (unpaired) electrons. The lowest BCUT2D eigenvalue weighted by Gasteiger charge is -2.16. The van der Waals surface area contributed by atoms with Crippen LogP contribution in [0.4, 0.5) is 0 Å². The van der Waals surface area contributed by atoms with E-state index in [0.29, 0.717) is 0 Å². The van der Waals surface area contributed by atoms with Crippen LogP contribution in [0.2, 0.25) is 0 Å². The molecule has 106 valence electrons. The van der Waals surface area contributed by atoms with Crippen molar-refractivity contribution < 1.29 is 9.53 Å². The number of likely N-dealkylation sites (N-methyl/N-ethyl adjacent to an activating group) is 1. The summed E-state index contributed by atoms with van der Waals surface area (Å²) in [6.45, 7) is 6.05. The minimum atomic E-state index is -0.0431. The average molecular weight is 264 g/mol. The predicted molar refractivity (Wildman–Crippen MR) is 77.5 cm³/mol. The number of hydrogen-bond acceptors (Lipinski definition) is 3. The molecule has 0 heterocycles. The summed E-state index contributed by atoms with van der Waals surface area (Å²) in [7, 11) is 3.44. The second-order valence-electron chi connectivity index (χ2n) is 5.32. The number of hydrogen-bond donors (Lipinski definition) is 1. The molecule has 19 heavy (non-hydrogen) atoms. The Hall–Kier alpha value is -1.55. The Morgan fingerprint density at radius 3 is 2.26 bits per heavy atom. The fourth-order valence-electron chi connectivity index (χ4n) is 2.02. The van der Waals surface area contributed by atoms with Crippen molar-refractivity contribution in [3.63, 3.8) is 0 Å². The van der Waals surface area contributed by atoms with Crippen molar-refractivity contribution in [2.75, 3.05) is 20.7 Å². The lowest BCUT2D eigenvalue weighted by Crippen LogP contribution is -2.27. The molecule has 0 fully saturated rings. The summed E-state index contributed by atoms with van der Waals surface area (Å²) in [5.74, 6) is 0.752. The third-order valence-corrected chi connectivity index (χ3v) is 2.92. The Morgan fingerprint density at radius 1 is 1.32 bits per heavy atom. The molecular weight excluding hydrogens is 240 g/mol. The van der Waals surface area contributed by atoms with Crippen LogP contribution in [0, 0.1) is 13.8 Å². The molecule has 1 amide bonds. The van der Waals surface area contributed by atoms with E-state index in [9.17, 15) is 4.79 Å². The zero-order chi connectivity index (χ0) is 14.6. The normalized spacial score (nSPS) is 12.1. The fourth-order valence-corrected chi connectivity index (χ4v) is 2.02. The summed E-state index contributed by atoms with van der Waals surface area (Å²) in [5, 5.41) is 0. The van der Waals surface area contributed by atoms with Gasteiger partial charge in [0, 0.05) is 20.1 Å². The van der Waals surface area contributed by atoms with Gasteiger partial charge in [-0.05, 0) is 43.9 Å². The van der Waals surface area contributed by atoms with Gasteiger partial charge in [0.05, 0.1) is 0 Å². The van der Waals surface area contributed by atoms with E-state index in [0.717, 1.165) is 23.3 Å². The number of amides is 1. The number of nitrogens with two attached hydrogens (primary N) is 1. The van der Waals surface area contributed by atoms with Gasteiger partial charge in [-0.25, -0.2) is 0 Å². The maximum atomic E-state index is 11.5. The van der Waals surface area contributed by atoms with Gasteiger partial charge in [0.15, 0.2) is 6.61 Å². The summed E-state index contributed by atoms with van der Waals surface area (Å²) in [6.07, 6.45) is 0.846. The number of carbonyl (C=O) groups excluding carboxylic acids is 1. The second-order valence-corrected chi connectivity index (χ2v) is 5.32. The summed E-state index contributed by atoms with van der Waals surface area (Å²) >= 11 is 0. The highest BCUT2D eigenvalue weighted by atomic mass is 16.5. The van der Waals surface area contributed by atoms with E-state index in [4.69, 9.17) is 10.5 Å². The van der Waals surface area contributed by atoms with Crippen LogP contribution in [-0.4, -0.2) is 37.6 Å². The van der Waals surface area contributed by atoms with Crippen molar-refractivity contribution in [3.8, 4) is 5.75 Å². The zero-order valence-corrected chi connectivity index (χ0v) is 12.5. The van der Waals surface area contributed by atoms with Crippen LogP contribution in [0.1, 0.15) is 23.6 Å². The third kappa shape index (κ3) is 4.56. The van der Waals surface area contributed by atoms with E-state index >= 15 is 0 Å². The Labute approximate surface area is 115 Å². The molecule has 2 N–H and O–H groups in total. The number of ether oxygens (including phenoxy) is 1. The first-order valence-electron chi connectivity index (χ1n) is 6.50. The van der Waals surface area contributed by atoms with Crippen molar-refractivity contribution in [1.29, 1.82) is 0 Å². The molecule has 0 spiro atoms. The minimum absolute atomic E-state index is 0.0431. The van der Waals surface area contributed by atoms with Gasteiger partial charge in [-0.3, -0.25) is 4.79 Å². The summed E-state index contributed by atoms with van der Waals surface area (Å²) in [6, 6.07) is 4.29. The first-order chi connectivity index (χ1) is 8.81. The summed E-state index contributed by atoms with van der Waals surface area (Å²) in [4.78, 5) is 13.1. The van der Waals surface area contributed by atoms with Crippen LogP contribution in [0.15, 0.2) is 12.1 Å². The van der Waals surface area contributed by atoms with Gasteiger partial charge in [-0.1, -0.05) is 12.1 Å². The largest absolute Gasteiger partial charge is 0.483 e. The lowest BCUT2D eigenvalue weighted by molar-refractivity contribution is -0.130. The van der Waals surface area contributed by atoms with Gasteiger partial charge in [0.1, 0.15) is 5.75 Å². The number of carbonyl (C=O) groups is 1. The highest BCUT2D eigenvalue weighted by Crippen LogP contribution is 2.25. The average Bonchev–Trinajstić information content (AvgIpc) is 2.26. The molecule has 0 saturated heterocycles. The molecule has 4 nitrogen and oxygen atoms in total. The standard InChI is InChI=1S/C15H24N2O2/c1-10-6-13(8-12(3)16)7-11(2)15(10)19-9-14(18)17(4)5/h6-7,12H,8-9,16H2,1-5H3. The summed E-state index contributed by atoms with van der Waals surface area (Å²) < 4.78 is 5.63. The van der Waals surface area contributed by atoms with E-state index in [1.54, 1.807) is 14.1 Å². The van der Waals surface area contributed by atoms with Crippen LogP contribution in [-0.2, 0) is 11.2 Å². The Morgan fingerprint density at radius 2 is 1.84 bits per heavy atom. The second kappa shape index (κ2) is 6.57. The van der Waals surface area contributed by atoms with Crippen molar-refractivity contribution in [2.45, 2.75) is 33.2 Å². The number of rotatable bonds is 5. The quantitative estimate of drug-likeness (QED) is 0.880. The maximum Gasteiger partial charge on any atom is 0.259 e. The van der Waals surface area contributed by atoms with Gasteiger partial charge >= 0.3 is 0 Å². The van der Waals surface area contributed by atoms with Crippen molar-refractivity contribution in [2.24, 2.45) is 5.73 Å². The summed E-state index contributed by atoms with van der Waals surface area (Å²) in [5.41, 5.74) is 9.11. The van der Waals surface area contributed by atoms with Crippen molar-refractivity contribution in [1.82, 2.24) is 4.90 Å².